The average Bonchev–Trinajstić information content (AvgIpc) is 2.64. The second-order valence-corrected chi connectivity index (χ2v) is 7.73. The van der Waals surface area contributed by atoms with Crippen molar-refractivity contribution in [3.05, 3.63) is 54.6 Å². The van der Waals surface area contributed by atoms with Gasteiger partial charge < -0.3 is 15.4 Å². The van der Waals surface area contributed by atoms with Crippen molar-refractivity contribution < 1.29 is 22.7 Å². The number of carbonyl (C=O) groups excluding carboxylic acids is 2. The van der Waals surface area contributed by atoms with E-state index in [9.17, 15) is 18.0 Å². The number of hydrogen-bond donors (Lipinski definition) is 2. The zero-order valence-electron chi connectivity index (χ0n) is 15.0. The molecule has 2 N–H and O–H groups in total. The molecular weight excluding hydrogens is 370 g/mol. The number of carbonyl (C=O) groups is 2. The number of rotatable bonds is 8. The normalized spacial score (nSPS) is 11.2. The molecule has 0 aliphatic rings. The lowest BCUT2D eigenvalue weighted by atomic mass is 10.2. The molecule has 0 heterocycles. The number of amides is 2. The van der Waals surface area contributed by atoms with Gasteiger partial charge >= 0.3 is 0 Å². The van der Waals surface area contributed by atoms with E-state index in [1.807, 2.05) is 0 Å². The Morgan fingerprint density at radius 3 is 1.96 bits per heavy atom. The molecule has 2 rings (SSSR count). The second-order valence-electron chi connectivity index (χ2n) is 5.68. The van der Waals surface area contributed by atoms with Crippen LogP contribution in [0.1, 0.15) is 0 Å². The zero-order chi connectivity index (χ0) is 19.9. The second kappa shape index (κ2) is 9.26. The fourth-order valence-electron chi connectivity index (χ4n) is 2.23. The summed E-state index contributed by atoms with van der Waals surface area (Å²) >= 11 is 0. The van der Waals surface area contributed by atoms with Crippen molar-refractivity contribution in [2.45, 2.75) is 4.90 Å². The van der Waals surface area contributed by atoms with Gasteiger partial charge in [0.05, 0.1) is 11.4 Å². The molecule has 0 unspecified atom stereocenters. The maximum absolute atomic E-state index is 12.4. The number of sulfonamides is 1. The van der Waals surface area contributed by atoms with Crippen LogP contribution in [-0.4, -0.2) is 51.8 Å². The van der Waals surface area contributed by atoms with E-state index in [-0.39, 0.29) is 24.0 Å². The van der Waals surface area contributed by atoms with E-state index in [0.29, 0.717) is 11.4 Å². The van der Waals surface area contributed by atoms with E-state index < -0.39 is 15.9 Å². The third-order valence-electron chi connectivity index (χ3n) is 3.55. The Bertz CT molecular complexity index is 883. The Morgan fingerprint density at radius 1 is 0.926 bits per heavy atom. The van der Waals surface area contributed by atoms with Gasteiger partial charge in [0.25, 0.3) is 0 Å². The molecule has 27 heavy (non-hydrogen) atoms. The molecule has 0 atom stereocenters. The van der Waals surface area contributed by atoms with Crippen LogP contribution in [0.4, 0.5) is 11.4 Å². The van der Waals surface area contributed by atoms with E-state index in [0.717, 1.165) is 4.31 Å². The molecular formula is C18H21N3O5S. The Labute approximate surface area is 158 Å². The first-order valence-electron chi connectivity index (χ1n) is 8.03. The molecule has 8 nitrogen and oxygen atoms in total. The van der Waals surface area contributed by atoms with Crippen LogP contribution in [0.25, 0.3) is 0 Å². The Morgan fingerprint density at radius 2 is 1.44 bits per heavy atom. The summed E-state index contributed by atoms with van der Waals surface area (Å²) in [5.74, 6) is -0.768. The fourth-order valence-corrected chi connectivity index (χ4v) is 3.37. The molecule has 0 aliphatic carbocycles. The third-order valence-corrected chi connectivity index (χ3v) is 5.36. The molecule has 0 saturated carbocycles. The molecule has 0 radical (unpaired) electrons. The zero-order valence-corrected chi connectivity index (χ0v) is 15.8. The molecule has 0 aliphatic heterocycles. The SMILES string of the molecule is COCC(=O)Nc1ccc(NC(=O)CN(C)S(=O)(=O)c2ccccc2)cc1. The molecule has 0 fully saturated rings. The predicted octanol–water partition coefficient (Wildman–Crippen LogP) is 1.53. The summed E-state index contributed by atoms with van der Waals surface area (Å²) < 4.78 is 30.5. The highest BCUT2D eigenvalue weighted by Gasteiger charge is 2.22. The van der Waals surface area contributed by atoms with Crippen molar-refractivity contribution in [1.82, 2.24) is 4.31 Å². The maximum Gasteiger partial charge on any atom is 0.250 e. The largest absolute Gasteiger partial charge is 0.375 e. The van der Waals surface area contributed by atoms with Crippen molar-refractivity contribution in [2.24, 2.45) is 0 Å². The van der Waals surface area contributed by atoms with Crippen LogP contribution in [-0.2, 0) is 24.3 Å². The van der Waals surface area contributed by atoms with Gasteiger partial charge in [-0.25, -0.2) is 8.42 Å². The number of nitrogens with one attached hydrogen (secondary N) is 2. The van der Waals surface area contributed by atoms with Crippen molar-refractivity contribution >= 4 is 33.2 Å². The number of methoxy groups -OCH3 is 1. The molecule has 2 aromatic rings. The van der Waals surface area contributed by atoms with E-state index in [2.05, 4.69) is 10.6 Å². The summed E-state index contributed by atoms with van der Waals surface area (Å²) in [6, 6.07) is 14.3. The highest BCUT2D eigenvalue weighted by molar-refractivity contribution is 7.89. The Balaban J connectivity index is 1.94. The van der Waals surface area contributed by atoms with E-state index in [1.54, 1.807) is 42.5 Å². The summed E-state index contributed by atoms with van der Waals surface area (Å²) in [5.41, 5.74) is 1.04. The van der Waals surface area contributed by atoms with Gasteiger partial charge in [0.2, 0.25) is 21.8 Å². The number of benzene rings is 2. The summed E-state index contributed by atoms with van der Waals surface area (Å²) in [6.45, 7) is -0.385. The first kappa shape index (κ1) is 20.6. The van der Waals surface area contributed by atoms with Crippen molar-refractivity contribution in [3.63, 3.8) is 0 Å². The van der Waals surface area contributed by atoms with Crippen LogP contribution in [0.2, 0.25) is 0 Å². The van der Waals surface area contributed by atoms with Gasteiger partial charge in [0.1, 0.15) is 6.61 Å². The highest BCUT2D eigenvalue weighted by atomic mass is 32.2. The molecule has 0 spiro atoms. The molecule has 0 aromatic heterocycles. The van der Waals surface area contributed by atoms with Gasteiger partial charge in [-0.15, -0.1) is 0 Å². The van der Waals surface area contributed by atoms with Crippen molar-refractivity contribution in [1.29, 1.82) is 0 Å². The molecule has 2 aromatic carbocycles. The first-order valence-corrected chi connectivity index (χ1v) is 9.47. The maximum atomic E-state index is 12.4. The van der Waals surface area contributed by atoms with Crippen molar-refractivity contribution in [2.75, 3.05) is 37.9 Å². The summed E-state index contributed by atoms with van der Waals surface area (Å²) in [6.07, 6.45) is 0. The first-order chi connectivity index (χ1) is 12.8. The van der Waals surface area contributed by atoms with Crippen LogP contribution < -0.4 is 10.6 Å². The Kier molecular flexibility index (Phi) is 7.05. The van der Waals surface area contributed by atoms with Gasteiger partial charge in [0, 0.05) is 25.5 Å². The predicted molar refractivity (Wildman–Crippen MR) is 102 cm³/mol. The number of ether oxygens (including phenoxy) is 1. The minimum absolute atomic E-state index is 0.0549. The van der Waals surface area contributed by atoms with Gasteiger partial charge in [-0.2, -0.15) is 4.31 Å². The summed E-state index contributed by atoms with van der Waals surface area (Å²) in [4.78, 5) is 23.7. The van der Waals surface area contributed by atoms with Gasteiger partial charge in [0.15, 0.2) is 0 Å². The topological polar surface area (TPSA) is 105 Å². The minimum atomic E-state index is -3.74. The number of nitrogens with zero attached hydrogens (tertiary/aromatic N) is 1. The average molecular weight is 391 g/mol. The quantitative estimate of drug-likeness (QED) is 0.710. The number of hydrogen-bond acceptors (Lipinski definition) is 5. The molecule has 0 bridgehead atoms. The number of likely N-dealkylation sites (N-methyl/N-ethyl adjacent to an activating group) is 1. The lowest BCUT2D eigenvalue weighted by Crippen LogP contribution is -2.34. The molecule has 144 valence electrons. The van der Waals surface area contributed by atoms with Crippen LogP contribution in [0.15, 0.2) is 59.5 Å². The van der Waals surface area contributed by atoms with Gasteiger partial charge in [-0.1, -0.05) is 18.2 Å². The lowest BCUT2D eigenvalue weighted by Gasteiger charge is -2.17. The summed E-state index contributed by atoms with van der Waals surface area (Å²) in [5, 5.41) is 5.25. The fraction of sp³-hybridized carbons (Fsp3) is 0.222. The lowest BCUT2D eigenvalue weighted by molar-refractivity contribution is -0.119. The number of anilines is 2. The van der Waals surface area contributed by atoms with E-state index >= 15 is 0 Å². The van der Waals surface area contributed by atoms with E-state index in [1.165, 1.54) is 26.3 Å². The molecule has 2 amide bonds. The highest BCUT2D eigenvalue weighted by Crippen LogP contribution is 2.15. The van der Waals surface area contributed by atoms with Crippen LogP contribution in [0.5, 0.6) is 0 Å². The minimum Gasteiger partial charge on any atom is -0.375 e. The molecule has 9 heteroatoms. The smallest absolute Gasteiger partial charge is 0.250 e. The van der Waals surface area contributed by atoms with E-state index in [4.69, 9.17) is 4.74 Å². The summed E-state index contributed by atoms with van der Waals surface area (Å²) in [7, 11) is -0.971. The van der Waals surface area contributed by atoms with Gasteiger partial charge in [-0.05, 0) is 36.4 Å². The monoisotopic (exact) mass is 391 g/mol. The third kappa shape index (κ3) is 5.88. The standard InChI is InChI=1S/C18H21N3O5S/c1-21(27(24,25)16-6-4-3-5-7-16)12-17(22)19-14-8-10-15(11-9-14)20-18(23)13-26-2/h3-11H,12-13H2,1-2H3,(H,19,22)(H,20,23). The molecule has 0 saturated heterocycles. The Hall–Kier alpha value is -2.75. The van der Waals surface area contributed by atoms with Gasteiger partial charge in [-0.3, -0.25) is 9.59 Å². The van der Waals surface area contributed by atoms with Crippen LogP contribution in [0.3, 0.4) is 0 Å². The van der Waals surface area contributed by atoms with Crippen LogP contribution >= 0.6 is 0 Å². The van der Waals surface area contributed by atoms with Crippen molar-refractivity contribution in [3.8, 4) is 0 Å². The van der Waals surface area contributed by atoms with Crippen LogP contribution in [0, 0.1) is 0 Å².